The number of benzene rings is 1. The van der Waals surface area contributed by atoms with Crippen LogP contribution in [0.2, 0.25) is 0 Å². The molecule has 2 aliphatic heterocycles. The highest BCUT2D eigenvalue weighted by Crippen LogP contribution is 2.16. The molecule has 3 rings (SSSR count). The number of rotatable bonds is 4. The zero-order valence-electron chi connectivity index (χ0n) is 14.7. The van der Waals surface area contributed by atoms with E-state index in [9.17, 15) is 9.59 Å². The first kappa shape index (κ1) is 18.2. The van der Waals surface area contributed by atoms with Crippen molar-refractivity contribution in [1.29, 1.82) is 0 Å². The van der Waals surface area contributed by atoms with Gasteiger partial charge in [0.2, 0.25) is 5.91 Å². The molecule has 0 saturated carbocycles. The molecule has 7 heteroatoms. The van der Waals surface area contributed by atoms with Gasteiger partial charge in [-0.25, -0.2) is 0 Å². The number of nitrogens with one attached hydrogen (secondary N) is 2. The van der Waals surface area contributed by atoms with Crippen molar-refractivity contribution in [2.45, 2.75) is 13.0 Å². The van der Waals surface area contributed by atoms with Crippen LogP contribution in [0.5, 0.6) is 0 Å². The van der Waals surface area contributed by atoms with Crippen molar-refractivity contribution < 1.29 is 9.59 Å². The van der Waals surface area contributed by atoms with Gasteiger partial charge in [-0.3, -0.25) is 14.5 Å². The Morgan fingerprint density at radius 2 is 2.08 bits per heavy atom. The standard InChI is InChI=1S/C18H26N4O2S/c1-14-12-19-5-6-22(14)13-17(23)20-16-4-2-3-15(11-16)18(24)21-7-9-25-10-8-21/h2-4,11,14,19H,5-10,12-13H2,1H3,(H,20,23)/t14-/m0/s1. The van der Waals surface area contributed by atoms with Gasteiger partial charge in [0.15, 0.2) is 0 Å². The van der Waals surface area contributed by atoms with Crippen LogP contribution in [0.25, 0.3) is 0 Å². The van der Waals surface area contributed by atoms with Crippen LogP contribution in [0.15, 0.2) is 24.3 Å². The van der Waals surface area contributed by atoms with E-state index < -0.39 is 0 Å². The monoisotopic (exact) mass is 362 g/mol. The molecule has 0 aromatic heterocycles. The molecule has 2 heterocycles. The van der Waals surface area contributed by atoms with Gasteiger partial charge < -0.3 is 15.5 Å². The van der Waals surface area contributed by atoms with Gasteiger partial charge in [0.1, 0.15) is 0 Å². The van der Waals surface area contributed by atoms with E-state index in [1.54, 1.807) is 6.07 Å². The van der Waals surface area contributed by atoms with E-state index in [1.807, 2.05) is 34.9 Å². The molecule has 0 bridgehead atoms. The number of hydrogen-bond acceptors (Lipinski definition) is 5. The van der Waals surface area contributed by atoms with E-state index in [1.165, 1.54) is 0 Å². The molecule has 1 aromatic rings. The molecule has 0 radical (unpaired) electrons. The van der Waals surface area contributed by atoms with Crippen LogP contribution < -0.4 is 10.6 Å². The summed E-state index contributed by atoms with van der Waals surface area (Å²) in [6.45, 7) is 6.78. The van der Waals surface area contributed by atoms with Crippen molar-refractivity contribution >= 4 is 29.3 Å². The molecule has 0 spiro atoms. The largest absolute Gasteiger partial charge is 0.337 e. The van der Waals surface area contributed by atoms with Gasteiger partial charge in [-0.15, -0.1) is 0 Å². The van der Waals surface area contributed by atoms with Gasteiger partial charge in [-0.1, -0.05) is 6.07 Å². The lowest BCUT2D eigenvalue weighted by atomic mass is 10.1. The van der Waals surface area contributed by atoms with Gasteiger partial charge in [-0.05, 0) is 25.1 Å². The first-order chi connectivity index (χ1) is 12.1. The van der Waals surface area contributed by atoms with Crippen molar-refractivity contribution in [1.82, 2.24) is 15.1 Å². The lowest BCUT2D eigenvalue weighted by Crippen LogP contribution is -2.51. The summed E-state index contributed by atoms with van der Waals surface area (Å²) in [5.74, 6) is 2.00. The maximum atomic E-state index is 12.6. The molecule has 1 atom stereocenters. The summed E-state index contributed by atoms with van der Waals surface area (Å²) >= 11 is 1.88. The minimum Gasteiger partial charge on any atom is -0.337 e. The zero-order valence-corrected chi connectivity index (χ0v) is 15.5. The average Bonchev–Trinajstić information content (AvgIpc) is 2.64. The molecule has 0 aliphatic carbocycles. The molecule has 2 saturated heterocycles. The molecule has 2 N–H and O–H groups in total. The van der Waals surface area contributed by atoms with Gasteiger partial charge in [0.25, 0.3) is 5.91 Å². The van der Waals surface area contributed by atoms with Crippen LogP contribution >= 0.6 is 11.8 Å². The minimum atomic E-state index is -0.0345. The highest BCUT2D eigenvalue weighted by Gasteiger charge is 2.21. The normalized spacial score (nSPS) is 21.8. The molecule has 1 aromatic carbocycles. The van der Waals surface area contributed by atoms with E-state index >= 15 is 0 Å². The summed E-state index contributed by atoms with van der Waals surface area (Å²) in [5.41, 5.74) is 1.32. The first-order valence-corrected chi connectivity index (χ1v) is 10.0. The van der Waals surface area contributed by atoms with E-state index in [0.717, 1.165) is 44.2 Å². The number of anilines is 1. The molecule has 2 amide bonds. The average molecular weight is 362 g/mol. The van der Waals surface area contributed by atoms with Crippen molar-refractivity contribution in [3.63, 3.8) is 0 Å². The SMILES string of the molecule is C[C@H]1CNCCN1CC(=O)Nc1cccc(C(=O)N2CCSCC2)c1. The van der Waals surface area contributed by atoms with Crippen molar-refractivity contribution in [3.05, 3.63) is 29.8 Å². The van der Waals surface area contributed by atoms with Crippen LogP contribution in [0.1, 0.15) is 17.3 Å². The third-order valence-electron chi connectivity index (χ3n) is 4.68. The quantitative estimate of drug-likeness (QED) is 0.840. The lowest BCUT2D eigenvalue weighted by molar-refractivity contribution is -0.118. The van der Waals surface area contributed by atoms with E-state index in [0.29, 0.717) is 23.8 Å². The Hall–Kier alpha value is -1.57. The topological polar surface area (TPSA) is 64.7 Å². The first-order valence-electron chi connectivity index (χ1n) is 8.85. The van der Waals surface area contributed by atoms with E-state index in [4.69, 9.17) is 0 Å². The van der Waals surface area contributed by atoms with Crippen LogP contribution in [-0.2, 0) is 4.79 Å². The Morgan fingerprint density at radius 1 is 1.28 bits per heavy atom. The molecule has 6 nitrogen and oxygen atoms in total. The summed E-state index contributed by atoms with van der Waals surface area (Å²) in [4.78, 5) is 29.0. The van der Waals surface area contributed by atoms with Crippen molar-refractivity contribution in [2.75, 3.05) is 56.1 Å². The molecular weight excluding hydrogens is 336 g/mol. The number of piperazine rings is 1. The van der Waals surface area contributed by atoms with E-state index in [2.05, 4.69) is 22.5 Å². The fourth-order valence-corrected chi connectivity index (χ4v) is 4.09. The highest BCUT2D eigenvalue weighted by molar-refractivity contribution is 7.99. The van der Waals surface area contributed by atoms with Crippen LogP contribution in [-0.4, -0.2) is 78.4 Å². The van der Waals surface area contributed by atoms with Crippen LogP contribution in [0.4, 0.5) is 5.69 Å². The fraction of sp³-hybridized carbons (Fsp3) is 0.556. The molecule has 136 valence electrons. The number of thioether (sulfide) groups is 1. The predicted molar refractivity (Wildman–Crippen MR) is 102 cm³/mol. The fourth-order valence-electron chi connectivity index (χ4n) is 3.18. The molecule has 0 unspecified atom stereocenters. The molecule has 2 fully saturated rings. The van der Waals surface area contributed by atoms with Crippen LogP contribution in [0, 0.1) is 0 Å². The Balaban J connectivity index is 1.59. The summed E-state index contributed by atoms with van der Waals surface area (Å²) in [5, 5.41) is 6.25. The third-order valence-corrected chi connectivity index (χ3v) is 5.62. The summed E-state index contributed by atoms with van der Waals surface area (Å²) in [6, 6.07) is 7.61. The van der Waals surface area contributed by atoms with Crippen LogP contribution in [0.3, 0.4) is 0 Å². The Bertz CT molecular complexity index is 619. The Labute approximate surface area is 153 Å². The highest BCUT2D eigenvalue weighted by atomic mass is 32.2. The smallest absolute Gasteiger partial charge is 0.253 e. The molecular formula is C18H26N4O2S. The second-order valence-corrected chi connectivity index (χ2v) is 7.78. The van der Waals surface area contributed by atoms with Crippen molar-refractivity contribution in [2.24, 2.45) is 0 Å². The zero-order chi connectivity index (χ0) is 17.6. The minimum absolute atomic E-state index is 0.0345. The summed E-state index contributed by atoms with van der Waals surface area (Å²) < 4.78 is 0. The molecule has 25 heavy (non-hydrogen) atoms. The van der Waals surface area contributed by atoms with Gasteiger partial charge in [0, 0.05) is 61.5 Å². The maximum absolute atomic E-state index is 12.6. The number of amides is 2. The number of hydrogen-bond donors (Lipinski definition) is 2. The maximum Gasteiger partial charge on any atom is 0.253 e. The summed E-state index contributed by atoms with van der Waals surface area (Å²) in [7, 11) is 0. The summed E-state index contributed by atoms with van der Waals surface area (Å²) in [6.07, 6.45) is 0. The Morgan fingerprint density at radius 3 is 2.84 bits per heavy atom. The predicted octanol–water partition coefficient (Wildman–Crippen LogP) is 1.11. The van der Waals surface area contributed by atoms with Gasteiger partial charge in [0.05, 0.1) is 6.54 Å². The lowest BCUT2D eigenvalue weighted by Gasteiger charge is -2.33. The number of carbonyl (C=O) groups excluding carboxylic acids is 2. The second-order valence-electron chi connectivity index (χ2n) is 6.56. The second kappa shape index (κ2) is 8.69. The van der Waals surface area contributed by atoms with Crippen molar-refractivity contribution in [3.8, 4) is 0 Å². The molecule has 2 aliphatic rings. The van der Waals surface area contributed by atoms with Gasteiger partial charge in [-0.2, -0.15) is 11.8 Å². The number of nitrogens with zero attached hydrogens (tertiary/aromatic N) is 2. The number of carbonyl (C=O) groups is 2. The Kier molecular flexibility index (Phi) is 6.34. The van der Waals surface area contributed by atoms with Gasteiger partial charge >= 0.3 is 0 Å². The third kappa shape index (κ3) is 4.96. The van der Waals surface area contributed by atoms with E-state index in [-0.39, 0.29) is 11.8 Å².